The molecule has 0 saturated heterocycles. The lowest BCUT2D eigenvalue weighted by atomic mass is 10.6. The maximum absolute atomic E-state index is 11.7. The molecule has 6 heteroatoms. The molecule has 0 saturated carbocycles. The molecule has 0 unspecified atom stereocenters. The molecule has 0 radical (unpaired) electrons. The number of rotatable bonds is 1. The first-order valence-corrected chi connectivity index (χ1v) is 3.20. The van der Waals surface area contributed by atoms with Crippen molar-refractivity contribution in [2.75, 3.05) is 0 Å². The normalized spacial score (nSPS) is 12.0. The van der Waals surface area contributed by atoms with Crippen LogP contribution in [0.3, 0.4) is 0 Å². The molecule has 0 aliphatic heterocycles. The molecule has 1 aromatic heterocycles. The lowest BCUT2D eigenvalue weighted by Gasteiger charge is -2.04. The van der Waals surface area contributed by atoms with E-state index in [0.717, 1.165) is 4.68 Å². The first-order chi connectivity index (χ1) is 4.97. The van der Waals surface area contributed by atoms with Crippen molar-refractivity contribution in [2.24, 2.45) is 0 Å². The number of halogens is 3. The standard InChI is InChI=1S/C5H5F3N2S/c6-5(7,8)3-10-2-4(11)1-9-10/h1-2,11H,3H2. The van der Waals surface area contributed by atoms with Gasteiger partial charge in [0.05, 0.1) is 6.20 Å². The minimum absolute atomic E-state index is 0.425. The van der Waals surface area contributed by atoms with Crippen LogP contribution in [0.5, 0.6) is 0 Å². The molecule has 0 atom stereocenters. The number of thiol groups is 1. The van der Waals surface area contributed by atoms with Crippen molar-refractivity contribution in [3.8, 4) is 0 Å². The van der Waals surface area contributed by atoms with Crippen molar-refractivity contribution in [1.29, 1.82) is 0 Å². The Kier molecular flexibility index (Phi) is 2.12. The van der Waals surface area contributed by atoms with Gasteiger partial charge in [-0.2, -0.15) is 18.3 Å². The smallest absolute Gasteiger partial charge is 0.262 e. The summed E-state index contributed by atoms with van der Waals surface area (Å²) >= 11 is 3.80. The Balaban J connectivity index is 2.65. The van der Waals surface area contributed by atoms with Gasteiger partial charge in [-0.15, -0.1) is 12.6 Å². The van der Waals surface area contributed by atoms with E-state index < -0.39 is 12.7 Å². The van der Waals surface area contributed by atoms with Crippen LogP contribution in [0.4, 0.5) is 13.2 Å². The molecule has 11 heavy (non-hydrogen) atoms. The molecule has 1 aromatic rings. The molecule has 0 bridgehead atoms. The van der Waals surface area contributed by atoms with E-state index in [1.54, 1.807) is 0 Å². The van der Waals surface area contributed by atoms with Crippen LogP contribution in [0.1, 0.15) is 0 Å². The third-order valence-electron chi connectivity index (χ3n) is 0.961. The first-order valence-electron chi connectivity index (χ1n) is 2.75. The fourth-order valence-corrected chi connectivity index (χ4v) is 0.808. The van der Waals surface area contributed by atoms with Crippen LogP contribution in [0.15, 0.2) is 17.3 Å². The Bertz CT molecular complexity index is 242. The minimum atomic E-state index is -4.22. The van der Waals surface area contributed by atoms with Crippen molar-refractivity contribution in [3.05, 3.63) is 12.4 Å². The van der Waals surface area contributed by atoms with Gasteiger partial charge < -0.3 is 0 Å². The quantitative estimate of drug-likeness (QED) is 0.655. The maximum atomic E-state index is 11.7. The summed E-state index contributed by atoms with van der Waals surface area (Å²) in [5.74, 6) is 0. The summed E-state index contributed by atoms with van der Waals surface area (Å²) in [7, 11) is 0. The average Bonchev–Trinajstić information content (AvgIpc) is 2.10. The second kappa shape index (κ2) is 2.77. The molecule has 0 amide bonds. The molecule has 0 N–H and O–H groups in total. The van der Waals surface area contributed by atoms with Crippen LogP contribution in [-0.2, 0) is 6.54 Å². The Morgan fingerprint density at radius 1 is 1.55 bits per heavy atom. The Morgan fingerprint density at radius 3 is 2.55 bits per heavy atom. The molecule has 2 nitrogen and oxygen atoms in total. The van der Waals surface area contributed by atoms with Gasteiger partial charge in [0.25, 0.3) is 0 Å². The van der Waals surface area contributed by atoms with Gasteiger partial charge in [-0.25, -0.2) is 0 Å². The zero-order valence-electron chi connectivity index (χ0n) is 5.34. The van der Waals surface area contributed by atoms with Crippen LogP contribution >= 0.6 is 12.6 Å². The molecular formula is C5H5F3N2S. The summed E-state index contributed by atoms with van der Waals surface area (Å²) in [4.78, 5) is 0.425. The van der Waals surface area contributed by atoms with Gasteiger partial charge in [0.1, 0.15) is 6.54 Å². The Labute approximate surface area is 66.4 Å². The molecule has 1 rings (SSSR count). The predicted octanol–water partition coefficient (Wildman–Crippen LogP) is 1.73. The summed E-state index contributed by atoms with van der Waals surface area (Å²) in [5.41, 5.74) is 0. The summed E-state index contributed by atoms with van der Waals surface area (Å²) in [6, 6.07) is 0. The molecular weight excluding hydrogens is 177 g/mol. The zero-order valence-corrected chi connectivity index (χ0v) is 6.23. The number of hydrogen-bond donors (Lipinski definition) is 1. The highest BCUT2D eigenvalue weighted by atomic mass is 32.1. The molecule has 0 aliphatic carbocycles. The molecule has 62 valence electrons. The minimum Gasteiger partial charge on any atom is -0.262 e. The van der Waals surface area contributed by atoms with Crippen LogP contribution in [-0.4, -0.2) is 16.0 Å². The molecule has 0 fully saturated rings. The number of aromatic nitrogens is 2. The van der Waals surface area contributed by atoms with Crippen LogP contribution in [0.25, 0.3) is 0 Å². The van der Waals surface area contributed by atoms with E-state index in [1.807, 2.05) is 0 Å². The average molecular weight is 182 g/mol. The van der Waals surface area contributed by atoms with Crippen molar-refractivity contribution in [3.63, 3.8) is 0 Å². The number of hydrogen-bond acceptors (Lipinski definition) is 2. The van der Waals surface area contributed by atoms with Gasteiger partial charge in [0, 0.05) is 11.1 Å². The van der Waals surface area contributed by atoms with Gasteiger partial charge in [-0.05, 0) is 0 Å². The second-order valence-corrected chi connectivity index (χ2v) is 2.53. The van der Waals surface area contributed by atoms with Gasteiger partial charge in [0.15, 0.2) is 0 Å². The SMILES string of the molecule is FC(F)(F)Cn1cc(S)cn1. The van der Waals surface area contributed by atoms with Crippen LogP contribution in [0, 0.1) is 0 Å². The highest BCUT2D eigenvalue weighted by molar-refractivity contribution is 7.80. The van der Waals surface area contributed by atoms with E-state index in [9.17, 15) is 13.2 Å². The van der Waals surface area contributed by atoms with Crippen molar-refractivity contribution in [1.82, 2.24) is 9.78 Å². The zero-order chi connectivity index (χ0) is 8.48. The summed E-state index contributed by atoms with van der Waals surface area (Å²) < 4.78 is 35.8. The molecule has 1 heterocycles. The number of nitrogens with zero attached hydrogens (tertiary/aromatic N) is 2. The van der Waals surface area contributed by atoms with Crippen molar-refractivity contribution in [2.45, 2.75) is 17.6 Å². The third kappa shape index (κ3) is 2.83. The van der Waals surface area contributed by atoms with E-state index in [4.69, 9.17) is 0 Å². The Morgan fingerprint density at radius 2 is 2.18 bits per heavy atom. The summed E-state index contributed by atoms with van der Waals surface area (Å²) in [6.07, 6.45) is -1.74. The molecule has 0 spiro atoms. The predicted molar refractivity (Wildman–Crippen MR) is 35.5 cm³/mol. The van der Waals surface area contributed by atoms with E-state index in [1.165, 1.54) is 12.4 Å². The lowest BCUT2D eigenvalue weighted by Crippen LogP contribution is -2.17. The highest BCUT2D eigenvalue weighted by Crippen LogP contribution is 2.17. The Hall–Kier alpha value is -0.650. The third-order valence-corrected chi connectivity index (χ3v) is 1.19. The van der Waals surface area contributed by atoms with E-state index in [2.05, 4.69) is 17.7 Å². The summed E-state index contributed by atoms with van der Waals surface area (Å²) in [5, 5.41) is 3.42. The van der Waals surface area contributed by atoms with E-state index >= 15 is 0 Å². The lowest BCUT2D eigenvalue weighted by molar-refractivity contribution is -0.142. The van der Waals surface area contributed by atoms with Crippen molar-refractivity contribution >= 4 is 12.6 Å². The number of alkyl halides is 3. The topological polar surface area (TPSA) is 17.8 Å². The fraction of sp³-hybridized carbons (Fsp3) is 0.400. The second-order valence-electron chi connectivity index (χ2n) is 2.01. The van der Waals surface area contributed by atoms with Crippen molar-refractivity contribution < 1.29 is 13.2 Å². The van der Waals surface area contributed by atoms with Gasteiger partial charge >= 0.3 is 6.18 Å². The molecule has 0 aliphatic rings. The largest absolute Gasteiger partial charge is 0.408 e. The molecule has 0 aromatic carbocycles. The van der Waals surface area contributed by atoms with E-state index in [0.29, 0.717) is 4.90 Å². The van der Waals surface area contributed by atoms with Crippen LogP contribution < -0.4 is 0 Å². The van der Waals surface area contributed by atoms with Gasteiger partial charge in [-0.3, -0.25) is 4.68 Å². The van der Waals surface area contributed by atoms with Gasteiger partial charge in [0.2, 0.25) is 0 Å². The maximum Gasteiger partial charge on any atom is 0.408 e. The van der Waals surface area contributed by atoms with Gasteiger partial charge in [-0.1, -0.05) is 0 Å². The fourth-order valence-electron chi connectivity index (χ4n) is 0.623. The van der Waals surface area contributed by atoms with Crippen LogP contribution in [0.2, 0.25) is 0 Å². The van der Waals surface area contributed by atoms with E-state index in [-0.39, 0.29) is 0 Å². The monoisotopic (exact) mass is 182 g/mol. The summed E-state index contributed by atoms with van der Waals surface area (Å²) in [6.45, 7) is -1.06. The first kappa shape index (κ1) is 8.45. The highest BCUT2D eigenvalue weighted by Gasteiger charge is 2.28.